The SMILES string of the molecule is Fc1c[c]cc2ccoc12. The average molecular weight is 135 g/mol. The predicted octanol–water partition coefficient (Wildman–Crippen LogP) is 2.37. The molecule has 1 nitrogen and oxygen atoms in total. The molecule has 0 saturated carbocycles. The second-order valence-electron chi connectivity index (χ2n) is 2.01. The topological polar surface area (TPSA) is 13.1 Å². The van der Waals surface area contributed by atoms with Gasteiger partial charge in [-0.25, -0.2) is 4.39 Å². The highest BCUT2D eigenvalue weighted by Gasteiger charge is 2.00. The Morgan fingerprint density at radius 2 is 2.30 bits per heavy atom. The Morgan fingerprint density at radius 1 is 1.40 bits per heavy atom. The first-order valence-electron chi connectivity index (χ1n) is 2.91. The third-order valence-electron chi connectivity index (χ3n) is 1.36. The third-order valence-corrected chi connectivity index (χ3v) is 1.36. The lowest BCUT2D eigenvalue weighted by molar-refractivity contribution is 0.560. The molecule has 1 radical (unpaired) electrons. The lowest BCUT2D eigenvalue weighted by Crippen LogP contribution is -1.71. The molecule has 0 bridgehead atoms. The quantitative estimate of drug-likeness (QED) is 0.540. The summed E-state index contributed by atoms with van der Waals surface area (Å²) >= 11 is 0. The van der Waals surface area contributed by atoms with Gasteiger partial charge in [0.25, 0.3) is 0 Å². The highest BCUT2D eigenvalue weighted by molar-refractivity contribution is 5.77. The third kappa shape index (κ3) is 0.620. The fourth-order valence-corrected chi connectivity index (χ4v) is 0.897. The van der Waals surface area contributed by atoms with Gasteiger partial charge in [-0.15, -0.1) is 0 Å². The molecule has 0 aliphatic heterocycles. The van der Waals surface area contributed by atoms with Crippen LogP contribution in [0.3, 0.4) is 0 Å². The molecule has 0 saturated heterocycles. The van der Waals surface area contributed by atoms with Gasteiger partial charge in [0, 0.05) is 5.39 Å². The molecule has 1 aromatic heterocycles. The van der Waals surface area contributed by atoms with Crippen molar-refractivity contribution < 1.29 is 8.81 Å². The number of rotatable bonds is 0. The Hall–Kier alpha value is -1.31. The van der Waals surface area contributed by atoms with Crippen molar-refractivity contribution in [2.45, 2.75) is 0 Å². The maximum Gasteiger partial charge on any atom is 0.169 e. The molecule has 0 aliphatic carbocycles. The van der Waals surface area contributed by atoms with E-state index in [4.69, 9.17) is 4.42 Å². The molecule has 1 heterocycles. The molecule has 0 N–H and O–H groups in total. The molecule has 0 spiro atoms. The summed E-state index contributed by atoms with van der Waals surface area (Å²) in [5, 5.41) is 0.750. The van der Waals surface area contributed by atoms with Gasteiger partial charge in [0.1, 0.15) is 0 Å². The fourth-order valence-electron chi connectivity index (χ4n) is 0.897. The minimum absolute atomic E-state index is 0.304. The van der Waals surface area contributed by atoms with Crippen LogP contribution in [0.5, 0.6) is 0 Å². The van der Waals surface area contributed by atoms with Crippen LogP contribution >= 0.6 is 0 Å². The maximum atomic E-state index is 12.7. The fraction of sp³-hybridized carbons (Fsp3) is 0. The second-order valence-corrected chi connectivity index (χ2v) is 2.01. The van der Waals surface area contributed by atoms with E-state index in [2.05, 4.69) is 6.07 Å². The number of benzene rings is 1. The Balaban J connectivity index is 2.95. The van der Waals surface area contributed by atoms with Crippen molar-refractivity contribution in [2.24, 2.45) is 0 Å². The largest absolute Gasteiger partial charge is 0.461 e. The Bertz CT molecular complexity index is 351. The molecule has 2 rings (SSSR count). The molecule has 0 amide bonds. The van der Waals surface area contributed by atoms with Crippen LogP contribution in [0, 0.1) is 11.9 Å². The van der Waals surface area contributed by atoms with Crippen molar-refractivity contribution in [2.75, 3.05) is 0 Å². The van der Waals surface area contributed by atoms with Gasteiger partial charge >= 0.3 is 0 Å². The van der Waals surface area contributed by atoms with E-state index in [0.717, 1.165) is 5.39 Å². The molecule has 1 aromatic carbocycles. The van der Waals surface area contributed by atoms with Gasteiger partial charge in [0.2, 0.25) is 0 Å². The second kappa shape index (κ2) is 1.84. The minimum Gasteiger partial charge on any atom is -0.461 e. The van der Waals surface area contributed by atoms with Crippen LogP contribution in [-0.4, -0.2) is 0 Å². The zero-order chi connectivity index (χ0) is 6.97. The summed E-state index contributed by atoms with van der Waals surface area (Å²) in [4.78, 5) is 0. The van der Waals surface area contributed by atoms with Crippen molar-refractivity contribution in [1.29, 1.82) is 0 Å². The van der Waals surface area contributed by atoms with Crippen LogP contribution in [0.1, 0.15) is 0 Å². The normalized spacial score (nSPS) is 10.5. The lowest BCUT2D eigenvalue weighted by atomic mass is 10.2. The van der Waals surface area contributed by atoms with Gasteiger partial charge in [0.15, 0.2) is 11.4 Å². The molecule has 0 unspecified atom stereocenters. The zero-order valence-corrected chi connectivity index (χ0v) is 5.10. The van der Waals surface area contributed by atoms with Crippen LogP contribution in [-0.2, 0) is 0 Å². The first-order chi connectivity index (χ1) is 4.88. The number of hydrogen-bond acceptors (Lipinski definition) is 1. The summed E-state index contributed by atoms with van der Waals surface area (Å²) in [6, 6.07) is 7.30. The standard InChI is InChI=1S/C8H4FO/c9-7-3-1-2-6-4-5-10-8(6)7/h2-5H. The lowest BCUT2D eigenvalue weighted by Gasteiger charge is -1.86. The van der Waals surface area contributed by atoms with E-state index in [9.17, 15) is 4.39 Å². The van der Waals surface area contributed by atoms with Gasteiger partial charge in [-0.2, -0.15) is 0 Å². The molecule has 0 atom stereocenters. The van der Waals surface area contributed by atoms with Gasteiger partial charge in [0.05, 0.1) is 6.26 Å². The first kappa shape index (κ1) is 5.47. The highest BCUT2D eigenvalue weighted by Crippen LogP contribution is 2.17. The van der Waals surface area contributed by atoms with Crippen LogP contribution < -0.4 is 0 Å². The molecule has 2 aromatic rings. The molecule has 2 heteroatoms. The van der Waals surface area contributed by atoms with Crippen LogP contribution in [0.15, 0.2) is 28.9 Å². The Labute approximate surface area is 57.1 Å². The number of furan rings is 1. The van der Waals surface area contributed by atoms with Gasteiger partial charge in [-0.3, -0.25) is 0 Å². The summed E-state index contributed by atoms with van der Waals surface area (Å²) in [6.45, 7) is 0. The number of halogens is 1. The van der Waals surface area contributed by atoms with E-state index in [1.807, 2.05) is 0 Å². The van der Waals surface area contributed by atoms with E-state index >= 15 is 0 Å². The summed E-state index contributed by atoms with van der Waals surface area (Å²) in [6.07, 6.45) is 1.46. The van der Waals surface area contributed by atoms with E-state index in [1.165, 1.54) is 12.3 Å². The molecule has 0 aliphatic rings. The Kier molecular flexibility index (Phi) is 1.01. The van der Waals surface area contributed by atoms with E-state index < -0.39 is 0 Å². The van der Waals surface area contributed by atoms with Gasteiger partial charge < -0.3 is 4.42 Å². The van der Waals surface area contributed by atoms with Crippen LogP contribution in [0.2, 0.25) is 0 Å². The maximum absolute atomic E-state index is 12.7. The van der Waals surface area contributed by atoms with Crippen molar-refractivity contribution in [1.82, 2.24) is 0 Å². The summed E-state index contributed by atoms with van der Waals surface area (Å²) in [5.41, 5.74) is 0.304. The highest BCUT2D eigenvalue weighted by atomic mass is 19.1. The van der Waals surface area contributed by atoms with E-state index in [0.29, 0.717) is 5.58 Å². The monoisotopic (exact) mass is 135 g/mol. The first-order valence-corrected chi connectivity index (χ1v) is 2.91. The smallest absolute Gasteiger partial charge is 0.169 e. The molecule has 49 valence electrons. The van der Waals surface area contributed by atoms with E-state index in [-0.39, 0.29) is 5.82 Å². The summed E-state index contributed by atoms with van der Waals surface area (Å²) in [7, 11) is 0. The van der Waals surface area contributed by atoms with Crippen LogP contribution in [0.25, 0.3) is 11.0 Å². The Morgan fingerprint density at radius 3 is 3.10 bits per heavy atom. The molecule has 0 fully saturated rings. The van der Waals surface area contributed by atoms with Crippen molar-refractivity contribution in [3.8, 4) is 0 Å². The van der Waals surface area contributed by atoms with Crippen molar-refractivity contribution in [3.63, 3.8) is 0 Å². The average Bonchev–Trinajstić information content (AvgIpc) is 2.36. The molecular weight excluding hydrogens is 131 g/mol. The van der Waals surface area contributed by atoms with Gasteiger partial charge in [-0.05, 0) is 24.3 Å². The van der Waals surface area contributed by atoms with Crippen molar-refractivity contribution >= 4 is 11.0 Å². The predicted molar refractivity (Wildman–Crippen MR) is 35.0 cm³/mol. The minimum atomic E-state index is -0.359. The van der Waals surface area contributed by atoms with E-state index in [1.54, 1.807) is 12.1 Å². The number of fused-ring (bicyclic) bond motifs is 1. The molecule has 10 heavy (non-hydrogen) atoms. The summed E-state index contributed by atoms with van der Waals surface area (Å²) in [5.74, 6) is -0.359. The summed E-state index contributed by atoms with van der Waals surface area (Å²) < 4.78 is 17.5. The molecular formula is C8H4FO. The van der Waals surface area contributed by atoms with Gasteiger partial charge in [-0.1, -0.05) is 0 Å². The van der Waals surface area contributed by atoms with Crippen molar-refractivity contribution in [3.05, 3.63) is 36.3 Å². The zero-order valence-electron chi connectivity index (χ0n) is 5.10. The van der Waals surface area contributed by atoms with Crippen LogP contribution in [0.4, 0.5) is 4.39 Å². The number of hydrogen-bond donors (Lipinski definition) is 0.